The van der Waals surface area contributed by atoms with Crippen molar-refractivity contribution in [3.8, 4) is 0 Å². The molecule has 0 bridgehead atoms. The molecule has 0 nitrogen and oxygen atoms in total. The fourth-order valence-corrected chi connectivity index (χ4v) is 1.40. The van der Waals surface area contributed by atoms with E-state index in [1.54, 1.807) is 0 Å². The Balaban J connectivity index is 2.50. The predicted molar refractivity (Wildman–Crippen MR) is 58.9 cm³/mol. The summed E-state index contributed by atoms with van der Waals surface area (Å²) in [6.07, 6.45) is 4.61. The van der Waals surface area contributed by atoms with E-state index >= 15 is 0 Å². The summed E-state index contributed by atoms with van der Waals surface area (Å²) >= 11 is 0. The minimum atomic E-state index is 1.16. The zero-order valence-electron chi connectivity index (χ0n) is 8.80. The Labute approximate surface area is 81.3 Å². The van der Waals surface area contributed by atoms with Crippen molar-refractivity contribution in [2.24, 2.45) is 0 Å². The standard InChI is InChI=1S/C13H18/c1-11(2)6-4-8-13-9-5-7-12(3)10-13/h5-7,9-10H,4,8H2,1-3H3. The second-order valence-corrected chi connectivity index (χ2v) is 3.81. The van der Waals surface area contributed by atoms with Crippen LogP contribution < -0.4 is 0 Å². The third kappa shape index (κ3) is 3.93. The molecular weight excluding hydrogens is 156 g/mol. The van der Waals surface area contributed by atoms with Crippen LogP contribution in [0.2, 0.25) is 0 Å². The van der Waals surface area contributed by atoms with Crippen LogP contribution in [0.5, 0.6) is 0 Å². The first-order chi connectivity index (χ1) is 6.18. The highest BCUT2D eigenvalue weighted by Crippen LogP contribution is 2.07. The lowest BCUT2D eigenvalue weighted by molar-refractivity contribution is 0.986. The Morgan fingerprint density at radius 1 is 1.31 bits per heavy atom. The van der Waals surface area contributed by atoms with Gasteiger partial charge in [-0.15, -0.1) is 0 Å². The summed E-state index contributed by atoms with van der Waals surface area (Å²) in [7, 11) is 0. The van der Waals surface area contributed by atoms with Crippen molar-refractivity contribution < 1.29 is 0 Å². The molecule has 0 aliphatic heterocycles. The van der Waals surface area contributed by atoms with Crippen molar-refractivity contribution in [2.75, 3.05) is 0 Å². The molecule has 1 rings (SSSR count). The van der Waals surface area contributed by atoms with Gasteiger partial charge in [-0.05, 0) is 39.2 Å². The van der Waals surface area contributed by atoms with Gasteiger partial charge in [0, 0.05) is 0 Å². The first kappa shape index (κ1) is 10.0. The molecule has 70 valence electrons. The minimum Gasteiger partial charge on any atom is -0.0856 e. The molecule has 0 saturated carbocycles. The molecule has 0 aliphatic carbocycles. The largest absolute Gasteiger partial charge is 0.0856 e. The topological polar surface area (TPSA) is 0 Å². The van der Waals surface area contributed by atoms with Gasteiger partial charge in [-0.3, -0.25) is 0 Å². The van der Waals surface area contributed by atoms with Gasteiger partial charge in [0.25, 0.3) is 0 Å². The average Bonchev–Trinajstić information content (AvgIpc) is 2.03. The normalized spacial score (nSPS) is 9.77. The Morgan fingerprint density at radius 2 is 2.08 bits per heavy atom. The molecule has 0 aromatic heterocycles. The summed E-state index contributed by atoms with van der Waals surface area (Å²) in [4.78, 5) is 0. The van der Waals surface area contributed by atoms with Crippen LogP contribution in [0.25, 0.3) is 0 Å². The summed E-state index contributed by atoms with van der Waals surface area (Å²) in [5, 5.41) is 0. The Kier molecular flexibility index (Phi) is 3.75. The SMILES string of the molecule is CC(C)=CCCc1cccc(C)c1. The average molecular weight is 174 g/mol. The summed E-state index contributed by atoms with van der Waals surface area (Å²) in [6.45, 7) is 6.44. The van der Waals surface area contributed by atoms with Crippen molar-refractivity contribution in [3.63, 3.8) is 0 Å². The van der Waals surface area contributed by atoms with Crippen LogP contribution in [-0.4, -0.2) is 0 Å². The van der Waals surface area contributed by atoms with E-state index < -0.39 is 0 Å². The van der Waals surface area contributed by atoms with E-state index in [-0.39, 0.29) is 0 Å². The smallest absolute Gasteiger partial charge is 0.0244 e. The molecule has 0 heterocycles. The molecule has 0 amide bonds. The maximum atomic E-state index is 2.29. The van der Waals surface area contributed by atoms with Crippen LogP contribution in [0.15, 0.2) is 35.9 Å². The van der Waals surface area contributed by atoms with Gasteiger partial charge in [0.2, 0.25) is 0 Å². The number of benzene rings is 1. The summed E-state index contributed by atoms with van der Waals surface area (Å²) < 4.78 is 0. The maximum absolute atomic E-state index is 2.29. The van der Waals surface area contributed by atoms with Crippen LogP contribution in [0.3, 0.4) is 0 Å². The van der Waals surface area contributed by atoms with E-state index in [1.807, 2.05) is 0 Å². The van der Waals surface area contributed by atoms with Gasteiger partial charge in [0.15, 0.2) is 0 Å². The monoisotopic (exact) mass is 174 g/mol. The quantitative estimate of drug-likeness (QED) is 0.610. The number of rotatable bonds is 3. The zero-order valence-corrected chi connectivity index (χ0v) is 8.80. The summed E-state index contributed by atoms with van der Waals surface area (Å²) in [5.41, 5.74) is 4.21. The van der Waals surface area contributed by atoms with Gasteiger partial charge in [-0.1, -0.05) is 41.5 Å². The first-order valence-corrected chi connectivity index (χ1v) is 4.87. The van der Waals surface area contributed by atoms with E-state index in [1.165, 1.54) is 16.7 Å². The molecule has 13 heavy (non-hydrogen) atoms. The first-order valence-electron chi connectivity index (χ1n) is 4.87. The molecule has 0 saturated heterocycles. The van der Waals surface area contributed by atoms with E-state index in [0.717, 1.165) is 12.8 Å². The molecule has 0 atom stereocenters. The number of aryl methyl sites for hydroxylation is 2. The molecule has 0 radical (unpaired) electrons. The number of hydrogen-bond acceptors (Lipinski definition) is 0. The van der Waals surface area contributed by atoms with Gasteiger partial charge < -0.3 is 0 Å². The Morgan fingerprint density at radius 3 is 2.69 bits per heavy atom. The van der Waals surface area contributed by atoms with Gasteiger partial charge >= 0.3 is 0 Å². The highest BCUT2D eigenvalue weighted by Gasteiger charge is 1.91. The Hall–Kier alpha value is -1.04. The van der Waals surface area contributed by atoms with Gasteiger partial charge in [0.1, 0.15) is 0 Å². The predicted octanol–water partition coefficient (Wildman–Crippen LogP) is 3.89. The lowest BCUT2D eigenvalue weighted by atomic mass is 10.1. The molecule has 0 N–H and O–H groups in total. The highest BCUT2D eigenvalue weighted by molar-refractivity contribution is 5.22. The van der Waals surface area contributed by atoms with Gasteiger partial charge in [-0.25, -0.2) is 0 Å². The molecule has 0 fully saturated rings. The van der Waals surface area contributed by atoms with Crippen molar-refractivity contribution in [1.29, 1.82) is 0 Å². The lowest BCUT2D eigenvalue weighted by Gasteiger charge is -1.99. The van der Waals surface area contributed by atoms with Crippen LogP contribution in [0.1, 0.15) is 31.4 Å². The van der Waals surface area contributed by atoms with Crippen molar-refractivity contribution in [3.05, 3.63) is 47.0 Å². The van der Waals surface area contributed by atoms with E-state index in [0.29, 0.717) is 0 Å². The number of hydrogen-bond donors (Lipinski definition) is 0. The molecule has 1 aromatic rings. The van der Waals surface area contributed by atoms with E-state index in [4.69, 9.17) is 0 Å². The fourth-order valence-electron chi connectivity index (χ4n) is 1.40. The highest BCUT2D eigenvalue weighted by atomic mass is 14.0. The van der Waals surface area contributed by atoms with Gasteiger partial charge in [0.05, 0.1) is 0 Å². The molecule has 0 unspecified atom stereocenters. The van der Waals surface area contributed by atoms with Crippen molar-refractivity contribution in [1.82, 2.24) is 0 Å². The van der Waals surface area contributed by atoms with Crippen LogP contribution in [0, 0.1) is 6.92 Å². The molecule has 0 spiro atoms. The van der Waals surface area contributed by atoms with Crippen LogP contribution in [-0.2, 0) is 6.42 Å². The van der Waals surface area contributed by atoms with E-state index in [9.17, 15) is 0 Å². The van der Waals surface area contributed by atoms with E-state index in [2.05, 4.69) is 51.1 Å². The summed E-state index contributed by atoms with van der Waals surface area (Å²) in [6, 6.07) is 8.74. The third-order valence-corrected chi connectivity index (χ3v) is 2.07. The Bertz CT molecular complexity index is 291. The van der Waals surface area contributed by atoms with Crippen LogP contribution in [0.4, 0.5) is 0 Å². The minimum absolute atomic E-state index is 1.16. The molecule has 1 aromatic carbocycles. The lowest BCUT2D eigenvalue weighted by Crippen LogP contribution is -1.84. The second kappa shape index (κ2) is 4.86. The zero-order chi connectivity index (χ0) is 9.68. The van der Waals surface area contributed by atoms with Crippen molar-refractivity contribution in [2.45, 2.75) is 33.6 Å². The number of allylic oxidation sites excluding steroid dienone is 2. The second-order valence-electron chi connectivity index (χ2n) is 3.81. The molecular formula is C13H18. The third-order valence-electron chi connectivity index (χ3n) is 2.07. The van der Waals surface area contributed by atoms with Crippen LogP contribution >= 0.6 is 0 Å². The van der Waals surface area contributed by atoms with Gasteiger partial charge in [-0.2, -0.15) is 0 Å². The fraction of sp³-hybridized carbons (Fsp3) is 0.385. The van der Waals surface area contributed by atoms with Crippen molar-refractivity contribution >= 4 is 0 Å². The molecule has 0 heteroatoms. The summed E-state index contributed by atoms with van der Waals surface area (Å²) in [5.74, 6) is 0. The molecule has 0 aliphatic rings. The maximum Gasteiger partial charge on any atom is -0.0244 e.